The lowest BCUT2D eigenvalue weighted by Crippen LogP contribution is -2.00. The first-order valence-corrected chi connectivity index (χ1v) is 8.28. The summed E-state index contributed by atoms with van der Waals surface area (Å²) in [5.74, 6) is 1.17. The number of rotatable bonds is 4. The summed E-state index contributed by atoms with van der Waals surface area (Å²) in [6.07, 6.45) is 1.69. The van der Waals surface area contributed by atoms with Crippen LogP contribution in [0.2, 0.25) is 5.02 Å². The Morgan fingerprint density at radius 3 is 2.58 bits per heavy atom. The monoisotopic (exact) mass is 363 g/mol. The van der Waals surface area contributed by atoms with Gasteiger partial charge in [-0.15, -0.1) is 15.0 Å². The fourth-order valence-electron chi connectivity index (χ4n) is 2.59. The van der Waals surface area contributed by atoms with E-state index in [4.69, 9.17) is 16.3 Å². The van der Waals surface area contributed by atoms with Crippen molar-refractivity contribution in [3.8, 4) is 34.1 Å². The van der Waals surface area contributed by atoms with Crippen LogP contribution in [0.5, 0.6) is 5.75 Å². The summed E-state index contributed by atoms with van der Waals surface area (Å²) >= 11 is 5.97. The second kappa shape index (κ2) is 6.93. The van der Waals surface area contributed by atoms with Crippen molar-refractivity contribution in [2.75, 3.05) is 7.11 Å². The highest BCUT2D eigenvalue weighted by Gasteiger charge is 2.12. The molecule has 4 aromatic rings. The van der Waals surface area contributed by atoms with Gasteiger partial charge >= 0.3 is 0 Å². The van der Waals surface area contributed by atoms with E-state index < -0.39 is 0 Å². The third-order valence-corrected chi connectivity index (χ3v) is 4.13. The van der Waals surface area contributed by atoms with Gasteiger partial charge in [0.2, 0.25) is 5.82 Å². The molecule has 0 N–H and O–H groups in total. The van der Waals surface area contributed by atoms with E-state index in [1.165, 1.54) is 4.80 Å². The molecule has 0 saturated heterocycles. The van der Waals surface area contributed by atoms with E-state index in [9.17, 15) is 0 Å². The minimum absolute atomic E-state index is 0.464. The molecule has 0 unspecified atom stereocenters. The lowest BCUT2D eigenvalue weighted by atomic mass is 10.0. The zero-order valence-electron chi connectivity index (χ0n) is 13.9. The van der Waals surface area contributed by atoms with Gasteiger partial charge in [0.1, 0.15) is 11.4 Å². The number of ether oxygens (including phenoxy) is 1. The van der Waals surface area contributed by atoms with Crippen molar-refractivity contribution in [2.24, 2.45) is 0 Å². The average Bonchev–Trinajstić information content (AvgIpc) is 3.19. The molecule has 0 amide bonds. The average molecular weight is 364 g/mol. The van der Waals surface area contributed by atoms with Crippen molar-refractivity contribution in [1.29, 1.82) is 0 Å². The quantitative estimate of drug-likeness (QED) is 0.547. The predicted octanol–water partition coefficient (Wildman–Crippen LogP) is 4.05. The number of tetrazole rings is 1. The molecule has 0 atom stereocenters. The molecular weight excluding hydrogens is 350 g/mol. The molecule has 0 fully saturated rings. The Bertz CT molecular complexity index is 1030. The molecule has 2 heterocycles. The summed E-state index contributed by atoms with van der Waals surface area (Å²) in [4.78, 5) is 5.69. The molecule has 2 aromatic heterocycles. The maximum absolute atomic E-state index is 5.97. The second-order valence-corrected chi connectivity index (χ2v) is 5.95. The molecule has 0 aliphatic rings. The summed E-state index contributed by atoms with van der Waals surface area (Å²) in [6.45, 7) is 0. The number of hydrogen-bond donors (Lipinski definition) is 0. The predicted molar refractivity (Wildman–Crippen MR) is 99.4 cm³/mol. The zero-order valence-corrected chi connectivity index (χ0v) is 14.6. The van der Waals surface area contributed by atoms with Crippen molar-refractivity contribution in [3.05, 3.63) is 71.9 Å². The van der Waals surface area contributed by atoms with E-state index in [1.807, 2.05) is 60.7 Å². The van der Waals surface area contributed by atoms with Gasteiger partial charge in [-0.3, -0.25) is 4.98 Å². The van der Waals surface area contributed by atoms with Crippen LogP contribution in [0.15, 0.2) is 66.9 Å². The molecule has 0 aliphatic heterocycles. The number of halogens is 1. The van der Waals surface area contributed by atoms with E-state index in [1.54, 1.807) is 13.3 Å². The minimum atomic E-state index is 0.464. The summed E-state index contributed by atoms with van der Waals surface area (Å²) in [5.41, 5.74) is 3.38. The Labute approximate surface area is 155 Å². The van der Waals surface area contributed by atoms with Crippen molar-refractivity contribution in [1.82, 2.24) is 25.2 Å². The van der Waals surface area contributed by atoms with Gasteiger partial charge in [0.05, 0.1) is 12.8 Å². The third kappa shape index (κ3) is 3.14. The van der Waals surface area contributed by atoms with Crippen LogP contribution in [0.4, 0.5) is 0 Å². The first kappa shape index (κ1) is 16.2. The van der Waals surface area contributed by atoms with Crippen molar-refractivity contribution >= 4 is 11.6 Å². The number of benzene rings is 2. The van der Waals surface area contributed by atoms with E-state index in [0.717, 1.165) is 16.8 Å². The largest absolute Gasteiger partial charge is 0.496 e. The fourth-order valence-corrected chi connectivity index (χ4v) is 2.72. The van der Waals surface area contributed by atoms with E-state index in [0.29, 0.717) is 22.3 Å². The Kier molecular flexibility index (Phi) is 4.33. The molecule has 26 heavy (non-hydrogen) atoms. The van der Waals surface area contributed by atoms with Gasteiger partial charge in [-0.25, -0.2) is 0 Å². The standard InChI is InChI=1S/C19H14ClN5O/c1-26-18-12-15(9-10-16(18)13-5-7-14(20)8-6-13)25-23-19(22-24-25)17-4-2-3-11-21-17/h2-12H,1H3. The lowest BCUT2D eigenvalue weighted by molar-refractivity contribution is 0.416. The molecule has 6 nitrogen and oxygen atoms in total. The minimum Gasteiger partial charge on any atom is -0.496 e. The Balaban J connectivity index is 1.70. The highest BCUT2D eigenvalue weighted by Crippen LogP contribution is 2.32. The molecule has 0 bridgehead atoms. The van der Waals surface area contributed by atoms with Gasteiger partial charge in [0, 0.05) is 22.8 Å². The topological polar surface area (TPSA) is 65.7 Å². The van der Waals surface area contributed by atoms with Gasteiger partial charge in [-0.05, 0) is 47.2 Å². The molecule has 0 spiro atoms. The Morgan fingerprint density at radius 1 is 1.00 bits per heavy atom. The van der Waals surface area contributed by atoms with E-state index >= 15 is 0 Å². The number of aromatic nitrogens is 5. The zero-order chi connectivity index (χ0) is 17.9. The maximum Gasteiger partial charge on any atom is 0.223 e. The summed E-state index contributed by atoms with van der Waals surface area (Å²) in [6, 6.07) is 18.9. The second-order valence-electron chi connectivity index (χ2n) is 5.51. The van der Waals surface area contributed by atoms with Gasteiger partial charge in [-0.1, -0.05) is 29.8 Å². The maximum atomic E-state index is 5.97. The first-order valence-electron chi connectivity index (χ1n) is 7.90. The van der Waals surface area contributed by atoms with Gasteiger partial charge < -0.3 is 4.74 Å². The molecular formula is C19H14ClN5O. The third-order valence-electron chi connectivity index (χ3n) is 3.88. The van der Waals surface area contributed by atoms with Crippen LogP contribution in [-0.4, -0.2) is 32.3 Å². The van der Waals surface area contributed by atoms with Gasteiger partial charge in [0.15, 0.2) is 0 Å². The van der Waals surface area contributed by atoms with Crippen LogP contribution in [0, 0.1) is 0 Å². The molecule has 0 aliphatic carbocycles. The van der Waals surface area contributed by atoms with Gasteiger partial charge in [0.25, 0.3) is 0 Å². The molecule has 7 heteroatoms. The lowest BCUT2D eigenvalue weighted by Gasteiger charge is -2.10. The van der Waals surface area contributed by atoms with Crippen molar-refractivity contribution in [3.63, 3.8) is 0 Å². The molecule has 0 radical (unpaired) electrons. The van der Waals surface area contributed by atoms with Crippen molar-refractivity contribution < 1.29 is 4.74 Å². The molecule has 0 saturated carbocycles. The molecule has 128 valence electrons. The molecule has 4 rings (SSSR count). The SMILES string of the molecule is COc1cc(-n2nnc(-c3ccccn3)n2)ccc1-c1ccc(Cl)cc1. The van der Waals surface area contributed by atoms with Crippen LogP contribution in [0.1, 0.15) is 0 Å². The summed E-state index contributed by atoms with van der Waals surface area (Å²) in [7, 11) is 1.63. The van der Waals surface area contributed by atoms with Crippen LogP contribution in [-0.2, 0) is 0 Å². The fraction of sp³-hybridized carbons (Fsp3) is 0.0526. The smallest absolute Gasteiger partial charge is 0.223 e. The Morgan fingerprint density at radius 2 is 1.85 bits per heavy atom. The number of nitrogens with zero attached hydrogens (tertiary/aromatic N) is 5. The highest BCUT2D eigenvalue weighted by atomic mass is 35.5. The first-order chi connectivity index (χ1) is 12.7. The number of pyridine rings is 1. The molecule has 2 aromatic carbocycles. The summed E-state index contributed by atoms with van der Waals surface area (Å²) < 4.78 is 5.55. The Hall–Kier alpha value is -3.25. The summed E-state index contributed by atoms with van der Waals surface area (Å²) in [5, 5.41) is 13.3. The van der Waals surface area contributed by atoms with E-state index in [-0.39, 0.29) is 0 Å². The van der Waals surface area contributed by atoms with Crippen LogP contribution in [0.3, 0.4) is 0 Å². The van der Waals surface area contributed by atoms with Crippen molar-refractivity contribution in [2.45, 2.75) is 0 Å². The van der Waals surface area contributed by atoms with Crippen LogP contribution >= 0.6 is 11.6 Å². The van der Waals surface area contributed by atoms with E-state index in [2.05, 4.69) is 20.4 Å². The van der Waals surface area contributed by atoms with Gasteiger partial charge in [-0.2, -0.15) is 0 Å². The number of hydrogen-bond acceptors (Lipinski definition) is 5. The number of methoxy groups -OCH3 is 1. The highest BCUT2D eigenvalue weighted by molar-refractivity contribution is 6.30. The normalized spacial score (nSPS) is 10.7. The van der Waals surface area contributed by atoms with Crippen LogP contribution in [0.25, 0.3) is 28.3 Å². The van der Waals surface area contributed by atoms with Crippen LogP contribution < -0.4 is 4.74 Å².